The van der Waals surface area contributed by atoms with Gasteiger partial charge in [-0.2, -0.15) is 0 Å². The van der Waals surface area contributed by atoms with Gasteiger partial charge < -0.3 is 5.32 Å². The van der Waals surface area contributed by atoms with E-state index >= 15 is 0 Å². The number of pyridine rings is 1. The third-order valence-corrected chi connectivity index (χ3v) is 3.23. The van der Waals surface area contributed by atoms with Gasteiger partial charge in [-0.15, -0.1) is 0 Å². The molecule has 0 fully saturated rings. The van der Waals surface area contributed by atoms with E-state index in [-0.39, 0.29) is 6.04 Å². The van der Waals surface area contributed by atoms with Gasteiger partial charge in [0.2, 0.25) is 0 Å². The van der Waals surface area contributed by atoms with E-state index in [1.165, 1.54) is 11.1 Å². The van der Waals surface area contributed by atoms with Crippen molar-refractivity contribution in [1.82, 2.24) is 10.3 Å². The number of rotatable bonds is 5. The van der Waals surface area contributed by atoms with Gasteiger partial charge in [-0.1, -0.05) is 37.3 Å². The van der Waals surface area contributed by atoms with Crippen molar-refractivity contribution >= 4 is 0 Å². The zero-order chi connectivity index (χ0) is 12.8. The number of hydrogen-bond donors (Lipinski definition) is 1. The molecule has 94 valence electrons. The fourth-order valence-electron chi connectivity index (χ4n) is 2.07. The first-order valence-electron chi connectivity index (χ1n) is 6.52. The lowest BCUT2D eigenvalue weighted by molar-refractivity contribution is 0.559. The number of hydrogen-bond acceptors (Lipinski definition) is 2. The minimum absolute atomic E-state index is 0.274. The van der Waals surface area contributed by atoms with E-state index in [0.717, 1.165) is 18.7 Å². The molecule has 2 heteroatoms. The normalized spacial score (nSPS) is 12.3. The molecule has 1 N–H and O–H groups in total. The maximum Gasteiger partial charge on any atom is 0.0570 e. The van der Waals surface area contributed by atoms with Crippen LogP contribution in [-0.4, -0.2) is 4.98 Å². The lowest BCUT2D eigenvalue weighted by atomic mass is 10.0. The van der Waals surface area contributed by atoms with Gasteiger partial charge in [0.05, 0.1) is 5.69 Å². The molecule has 2 nitrogen and oxygen atoms in total. The van der Waals surface area contributed by atoms with Crippen LogP contribution in [0.15, 0.2) is 48.7 Å². The van der Waals surface area contributed by atoms with Gasteiger partial charge >= 0.3 is 0 Å². The maximum atomic E-state index is 4.37. The van der Waals surface area contributed by atoms with Crippen molar-refractivity contribution in [2.45, 2.75) is 32.9 Å². The zero-order valence-electron chi connectivity index (χ0n) is 11.1. The Morgan fingerprint density at radius 2 is 1.78 bits per heavy atom. The molecule has 1 aromatic carbocycles. The summed E-state index contributed by atoms with van der Waals surface area (Å²) in [4.78, 5) is 4.37. The van der Waals surface area contributed by atoms with Crippen LogP contribution in [0.3, 0.4) is 0 Å². The first kappa shape index (κ1) is 12.8. The van der Waals surface area contributed by atoms with Crippen molar-refractivity contribution < 1.29 is 0 Å². The Kier molecular flexibility index (Phi) is 4.48. The molecule has 0 aliphatic carbocycles. The first-order valence-corrected chi connectivity index (χ1v) is 6.52. The summed E-state index contributed by atoms with van der Waals surface area (Å²) >= 11 is 0. The topological polar surface area (TPSA) is 24.9 Å². The van der Waals surface area contributed by atoms with Crippen molar-refractivity contribution in [3.8, 4) is 0 Å². The molecule has 0 aliphatic rings. The van der Waals surface area contributed by atoms with Gasteiger partial charge in [0.15, 0.2) is 0 Å². The molecular formula is C16H20N2. The molecule has 1 aromatic heterocycles. The lowest BCUT2D eigenvalue weighted by Crippen LogP contribution is -2.19. The molecule has 0 saturated carbocycles. The van der Waals surface area contributed by atoms with Gasteiger partial charge in [-0.3, -0.25) is 4.98 Å². The molecule has 0 amide bonds. The maximum absolute atomic E-state index is 4.37. The van der Waals surface area contributed by atoms with Crippen LogP contribution in [0.25, 0.3) is 0 Å². The summed E-state index contributed by atoms with van der Waals surface area (Å²) in [6, 6.07) is 14.9. The van der Waals surface area contributed by atoms with Gasteiger partial charge in [0, 0.05) is 18.8 Å². The van der Waals surface area contributed by atoms with Crippen molar-refractivity contribution in [2.75, 3.05) is 0 Å². The van der Waals surface area contributed by atoms with E-state index in [1.807, 2.05) is 18.3 Å². The van der Waals surface area contributed by atoms with Crippen molar-refractivity contribution in [1.29, 1.82) is 0 Å². The number of aromatic nitrogens is 1. The second-order valence-electron chi connectivity index (χ2n) is 4.48. The molecule has 1 unspecified atom stereocenters. The highest BCUT2D eigenvalue weighted by atomic mass is 14.9. The smallest absolute Gasteiger partial charge is 0.0570 e. The average Bonchev–Trinajstić information content (AvgIpc) is 2.46. The number of benzene rings is 1. The summed E-state index contributed by atoms with van der Waals surface area (Å²) in [5.41, 5.74) is 3.88. The van der Waals surface area contributed by atoms with Gasteiger partial charge in [-0.25, -0.2) is 0 Å². The fourth-order valence-corrected chi connectivity index (χ4v) is 2.07. The quantitative estimate of drug-likeness (QED) is 0.865. The Morgan fingerprint density at radius 3 is 2.44 bits per heavy atom. The Bertz CT molecular complexity index is 479. The van der Waals surface area contributed by atoms with Crippen molar-refractivity contribution in [2.24, 2.45) is 0 Å². The van der Waals surface area contributed by atoms with Gasteiger partial charge in [-0.05, 0) is 36.6 Å². The van der Waals surface area contributed by atoms with Crippen molar-refractivity contribution in [3.05, 3.63) is 65.5 Å². The summed E-state index contributed by atoms with van der Waals surface area (Å²) in [6.45, 7) is 5.24. The van der Waals surface area contributed by atoms with Crippen LogP contribution in [0.1, 0.15) is 36.7 Å². The molecule has 1 atom stereocenters. The molecule has 0 aliphatic heterocycles. The van der Waals surface area contributed by atoms with E-state index < -0.39 is 0 Å². The predicted octanol–water partition coefficient (Wildman–Crippen LogP) is 3.49. The summed E-state index contributed by atoms with van der Waals surface area (Å²) in [6.07, 6.45) is 2.92. The highest BCUT2D eigenvalue weighted by molar-refractivity contribution is 5.27. The first-order chi connectivity index (χ1) is 8.81. The molecule has 2 aromatic rings. The largest absolute Gasteiger partial charge is 0.305 e. The molecule has 0 radical (unpaired) electrons. The summed E-state index contributed by atoms with van der Waals surface area (Å²) in [7, 11) is 0. The van der Waals surface area contributed by atoms with Crippen LogP contribution in [0.5, 0.6) is 0 Å². The Morgan fingerprint density at radius 1 is 1.06 bits per heavy atom. The minimum atomic E-state index is 0.274. The number of nitrogens with zero attached hydrogens (tertiary/aromatic N) is 1. The monoisotopic (exact) mass is 240 g/mol. The SMILES string of the molecule is CCc1ccccc1CNC(C)c1ccccn1. The fraction of sp³-hybridized carbons (Fsp3) is 0.312. The third-order valence-electron chi connectivity index (χ3n) is 3.23. The zero-order valence-corrected chi connectivity index (χ0v) is 11.1. The molecule has 2 rings (SSSR count). The van der Waals surface area contributed by atoms with Crippen LogP contribution in [0.4, 0.5) is 0 Å². The third kappa shape index (κ3) is 3.17. The van der Waals surface area contributed by atoms with Crippen LogP contribution < -0.4 is 5.32 Å². The minimum Gasteiger partial charge on any atom is -0.305 e. The van der Waals surface area contributed by atoms with Crippen LogP contribution in [0.2, 0.25) is 0 Å². The van der Waals surface area contributed by atoms with Crippen LogP contribution in [-0.2, 0) is 13.0 Å². The second kappa shape index (κ2) is 6.31. The highest BCUT2D eigenvalue weighted by Gasteiger charge is 2.06. The predicted molar refractivity (Wildman–Crippen MR) is 75.3 cm³/mol. The lowest BCUT2D eigenvalue weighted by Gasteiger charge is -2.15. The van der Waals surface area contributed by atoms with Gasteiger partial charge in [0.1, 0.15) is 0 Å². The van der Waals surface area contributed by atoms with Crippen molar-refractivity contribution in [3.63, 3.8) is 0 Å². The molecular weight excluding hydrogens is 220 g/mol. The molecule has 18 heavy (non-hydrogen) atoms. The van der Waals surface area contributed by atoms with E-state index in [2.05, 4.69) is 54.5 Å². The summed E-state index contributed by atoms with van der Waals surface area (Å²) in [5.74, 6) is 0. The van der Waals surface area contributed by atoms with Gasteiger partial charge in [0.25, 0.3) is 0 Å². The number of nitrogens with one attached hydrogen (secondary N) is 1. The Hall–Kier alpha value is -1.67. The van der Waals surface area contributed by atoms with Crippen LogP contribution in [0, 0.1) is 0 Å². The second-order valence-corrected chi connectivity index (χ2v) is 4.48. The van der Waals surface area contributed by atoms with Crippen LogP contribution >= 0.6 is 0 Å². The highest BCUT2D eigenvalue weighted by Crippen LogP contribution is 2.13. The standard InChI is InChI=1S/C16H20N2/c1-3-14-8-4-5-9-15(14)12-18-13(2)16-10-6-7-11-17-16/h4-11,13,18H,3,12H2,1-2H3. The van der Waals surface area contributed by atoms with E-state index in [0.29, 0.717) is 0 Å². The Balaban J connectivity index is 1.99. The summed E-state index contributed by atoms with van der Waals surface area (Å²) in [5, 5.41) is 3.53. The molecule has 0 saturated heterocycles. The van der Waals surface area contributed by atoms with E-state index in [4.69, 9.17) is 0 Å². The number of aryl methyl sites for hydroxylation is 1. The van der Waals surface area contributed by atoms with E-state index in [9.17, 15) is 0 Å². The summed E-state index contributed by atoms with van der Waals surface area (Å²) < 4.78 is 0. The molecule has 0 spiro atoms. The van der Waals surface area contributed by atoms with E-state index in [1.54, 1.807) is 0 Å². The molecule has 1 heterocycles. The average molecular weight is 240 g/mol. The molecule has 0 bridgehead atoms. The Labute approximate surface area is 109 Å².